The van der Waals surface area contributed by atoms with Crippen molar-refractivity contribution in [3.05, 3.63) is 34.6 Å². The first-order valence-electron chi connectivity index (χ1n) is 5.95. The highest BCUT2D eigenvalue weighted by Gasteiger charge is 2.15. The number of hydrogen-bond donors (Lipinski definition) is 1. The standard InChI is InChI=1S/C13H14BrN3.2ClH/c14-12-5-10-4-11(7-16-13(10)17-8-12)9-2-1-3-15-6-9;;/h4-5,7-9,15H,1-3,6H2;2*1H. The molecule has 2 aromatic heterocycles. The molecule has 6 heteroatoms. The lowest BCUT2D eigenvalue weighted by molar-refractivity contribution is 0.461. The minimum atomic E-state index is 0. The lowest BCUT2D eigenvalue weighted by Crippen LogP contribution is -2.28. The molecular weight excluding hydrogens is 349 g/mol. The molecule has 0 spiro atoms. The van der Waals surface area contributed by atoms with Crippen LogP contribution in [0.2, 0.25) is 0 Å². The van der Waals surface area contributed by atoms with Gasteiger partial charge in [-0.05, 0) is 58.9 Å². The minimum absolute atomic E-state index is 0. The van der Waals surface area contributed by atoms with Crippen LogP contribution in [0, 0.1) is 0 Å². The van der Waals surface area contributed by atoms with Crippen LogP contribution in [-0.2, 0) is 0 Å². The summed E-state index contributed by atoms with van der Waals surface area (Å²) in [5, 5.41) is 4.55. The fourth-order valence-electron chi connectivity index (χ4n) is 2.37. The first-order valence-corrected chi connectivity index (χ1v) is 6.74. The second-order valence-corrected chi connectivity index (χ2v) is 5.43. The van der Waals surface area contributed by atoms with Crippen LogP contribution >= 0.6 is 40.7 Å². The van der Waals surface area contributed by atoms with Gasteiger partial charge in [0.25, 0.3) is 0 Å². The van der Waals surface area contributed by atoms with Gasteiger partial charge < -0.3 is 5.32 Å². The molecule has 0 saturated carbocycles. The topological polar surface area (TPSA) is 37.8 Å². The molecule has 1 aliphatic rings. The molecular formula is C13H16BrCl2N3. The Morgan fingerprint density at radius 2 is 1.95 bits per heavy atom. The summed E-state index contributed by atoms with van der Waals surface area (Å²) >= 11 is 3.45. The van der Waals surface area contributed by atoms with Gasteiger partial charge in [-0.2, -0.15) is 0 Å². The molecule has 0 amide bonds. The Kier molecular flexibility index (Phi) is 6.47. The van der Waals surface area contributed by atoms with Gasteiger partial charge in [-0.3, -0.25) is 0 Å². The van der Waals surface area contributed by atoms with Crippen molar-refractivity contribution in [3.63, 3.8) is 0 Å². The zero-order valence-electron chi connectivity index (χ0n) is 10.3. The molecule has 3 nitrogen and oxygen atoms in total. The molecule has 3 rings (SSSR count). The van der Waals surface area contributed by atoms with Crippen LogP contribution in [0.15, 0.2) is 29.0 Å². The van der Waals surface area contributed by atoms with Crippen LogP contribution in [0.5, 0.6) is 0 Å². The van der Waals surface area contributed by atoms with E-state index in [-0.39, 0.29) is 24.8 Å². The predicted octanol–water partition coefficient (Wildman–Crippen LogP) is 3.70. The van der Waals surface area contributed by atoms with Crippen LogP contribution < -0.4 is 5.32 Å². The fraction of sp³-hybridized carbons (Fsp3) is 0.385. The summed E-state index contributed by atoms with van der Waals surface area (Å²) in [5.74, 6) is 0.597. The summed E-state index contributed by atoms with van der Waals surface area (Å²) in [7, 11) is 0. The molecule has 3 heterocycles. The van der Waals surface area contributed by atoms with Gasteiger partial charge in [0.15, 0.2) is 5.65 Å². The lowest BCUT2D eigenvalue weighted by Gasteiger charge is -2.22. The normalized spacial score (nSPS) is 18.5. The number of rotatable bonds is 1. The van der Waals surface area contributed by atoms with E-state index in [1.165, 1.54) is 18.4 Å². The fourth-order valence-corrected chi connectivity index (χ4v) is 2.72. The Labute approximate surface area is 133 Å². The van der Waals surface area contributed by atoms with Crippen molar-refractivity contribution < 1.29 is 0 Å². The highest BCUT2D eigenvalue weighted by Crippen LogP contribution is 2.25. The van der Waals surface area contributed by atoms with Gasteiger partial charge in [0, 0.05) is 28.8 Å². The monoisotopic (exact) mass is 363 g/mol. The molecule has 0 bridgehead atoms. The number of aromatic nitrogens is 2. The molecule has 1 fully saturated rings. The first-order chi connectivity index (χ1) is 8.33. The molecule has 1 saturated heterocycles. The second-order valence-electron chi connectivity index (χ2n) is 4.51. The Morgan fingerprint density at radius 3 is 2.68 bits per heavy atom. The van der Waals surface area contributed by atoms with Crippen LogP contribution in [-0.4, -0.2) is 23.1 Å². The summed E-state index contributed by atoms with van der Waals surface area (Å²) < 4.78 is 1.01. The van der Waals surface area contributed by atoms with Gasteiger partial charge in [0.2, 0.25) is 0 Å². The van der Waals surface area contributed by atoms with Crippen LogP contribution in [0.4, 0.5) is 0 Å². The van der Waals surface area contributed by atoms with Crippen molar-refractivity contribution in [2.75, 3.05) is 13.1 Å². The van der Waals surface area contributed by atoms with E-state index in [1.54, 1.807) is 6.20 Å². The highest BCUT2D eigenvalue weighted by molar-refractivity contribution is 9.10. The zero-order chi connectivity index (χ0) is 11.7. The SMILES string of the molecule is Brc1cnc2ncc(C3CCCNC3)cc2c1.Cl.Cl. The van der Waals surface area contributed by atoms with Gasteiger partial charge in [-0.1, -0.05) is 0 Å². The third-order valence-corrected chi connectivity index (χ3v) is 3.72. The summed E-state index contributed by atoms with van der Waals surface area (Å²) in [6.45, 7) is 2.21. The van der Waals surface area contributed by atoms with Gasteiger partial charge >= 0.3 is 0 Å². The van der Waals surface area contributed by atoms with Crippen LogP contribution in [0.3, 0.4) is 0 Å². The van der Waals surface area contributed by atoms with Crippen molar-refractivity contribution in [2.45, 2.75) is 18.8 Å². The number of fused-ring (bicyclic) bond motifs is 1. The van der Waals surface area contributed by atoms with Crippen LogP contribution in [0.1, 0.15) is 24.3 Å². The number of hydrogen-bond acceptors (Lipinski definition) is 3. The highest BCUT2D eigenvalue weighted by atomic mass is 79.9. The number of piperidine rings is 1. The maximum absolute atomic E-state index is 4.44. The Balaban J connectivity index is 0.000000902. The Hall–Kier alpha value is -0.420. The molecule has 0 aromatic carbocycles. The van der Waals surface area contributed by atoms with Crippen molar-refractivity contribution in [3.8, 4) is 0 Å². The van der Waals surface area contributed by atoms with E-state index in [9.17, 15) is 0 Å². The lowest BCUT2D eigenvalue weighted by atomic mass is 9.92. The van der Waals surface area contributed by atoms with E-state index in [2.05, 4.69) is 43.3 Å². The Morgan fingerprint density at radius 1 is 1.16 bits per heavy atom. The van der Waals surface area contributed by atoms with Crippen molar-refractivity contribution in [1.29, 1.82) is 0 Å². The number of nitrogens with one attached hydrogen (secondary N) is 1. The molecule has 2 aromatic rings. The van der Waals surface area contributed by atoms with E-state index in [4.69, 9.17) is 0 Å². The van der Waals surface area contributed by atoms with Gasteiger partial charge in [0.05, 0.1) is 0 Å². The predicted molar refractivity (Wildman–Crippen MR) is 86.6 cm³/mol. The van der Waals surface area contributed by atoms with E-state index < -0.39 is 0 Å². The van der Waals surface area contributed by atoms with E-state index >= 15 is 0 Å². The maximum Gasteiger partial charge on any atom is 0.159 e. The number of halogens is 3. The molecule has 1 aliphatic heterocycles. The first kappa shape index (κ1) is 16.6. The quantitative estimate of drug-likeness (QED) is 0.838. The Bertz CT molecular complexity index is 544. The minimum Gasteiger partial charge on any atom is -0.316 e. The van der Waals surface area contributed by atoms with E-state index in [0.717, 1.165) is 28.6 Å². The smallest absolute Gasteiger partial charge is 0.159 e. The number of pyridine rings is 2. The van der Waals surface area contributed by atoms with Gasteiger partial charge in [-0.15, -0.1) is 24.8 Å². The van der Waals surface area contributed by atoms with Crippen molar-refractivity contribution in [1.82, 2.24) is 15.3 Å². The summed E-state index contributed by atoms with van der Waals surface area (Å²) in [6.07, 6.45) is 6.26. The summed E-state index contributed by atoms with van der Waals surface area (Å²) in [4.78, 5) is 8.73. The van der Waals surface area contributed by atoms with Crippen molar-refractivity contribution in [2.24, 2.45) is 0 Å². The van der Waals surface area contributed by atoms with Gasteiger partial charge in [-0.25, -0.2) is 9.97 Å². The molecule has 0 aliphatic carbocycles. The third-order valence-electron chi connectivity index (χ3n) is 3.29. The molecule has 1 unspecified atom stereocenters. The third kappa shape index (κ3) is 3.78. The summed E-state index contributed by atoms with van der Waals surface area (Å²) in [6, 6.07) is 4.30. The maximum atomic E-state index is 4.44. The molecule has 0 radical (unpaired) electrons. The summed E-state index contributed by atoms with van der Waals surface area (Å²) in [5.41, 5.74) is 2.14. The zero-order valence-corrected chi connectivity index (χ0v) is 13.5. The molecule has 1 atom stereocenters. The average Bonchev–Trinajstić information content (AvgIpc) is 2.39. The molecule has 19 heavy (non-hydrogen) atoms. The second kappa shape index (κ2) is 7.39. The molecule has 104 valence electrons. The largest absolute Gasteiger partial charge is 0.316 e. The van der Waals surface area contributed by atoms with E-state index in [0.29, 0.717) is 5.92 Å². The average molecular weight is 365 g/mol. The van der Waals surface area contributed by atoms with E-state index in [1.807, 2.05) is 6.20 Å². The number of nitrogens with zero attached hydrogens (tertiary/aromatic N) is 2. The van der Waals surface area contributed by atoms with Crippen LogP contribution in [0.25, 0.3) is 11.0 Å². The van der Waals surface area contributed by atoms with Gasteiger partial charge in [0.1, 0.15) is 0 Å². The van der Waals surface area contributed by atoms with Crippen molar-refractivity contribution >= 4 is 51.8 Å². The molecule has 1 N–H and O–H groups in total.